The number of nitrogens with zero attached hydrogens (tertiary/aromatic N) is 4. The molecule has 0 amide bonds. The molecule has 0 saturated heterocycles. The van der Waals surface area contributed by atoms with Crippen molar-refractivity contribution in [3.8, 4) is 17.2 Å². The van der Waals surface area contributed by atoms with E-state index in [2.05, 4.69) is 21.5 Å². The number of pyridine rings is 1. The number of nitriles is 1. The highest BCUT2D eigenvalue weighted by Crippen LogP contribution is 2.23. The fraction of sp³-hybridized carbons (Fsp3) is 0.0909. The van der Waals surface area contributed by atoms with Crippen molar-refractivity contribution in [3.63, 3.8) is 0 Å². The van der Waals surface area contributed by atoms with Crippen LogP contribution in [0, 0.1) is 11.3 Å². The minimum absolute atomic E-state index is 0.332. The van der Waals surface area contributed by atoms with E-state index >= 15 is 0 Å². The Morgan fingerprint density at radius 1 is 1.14 bits per heavy atom. The molecule has 0 saturated carbocycles. The number of carbonyl (C=O) groups is 1. The van der Waals surface area contributed by atoms with E-state index in [9.17, 15) is 10.1 Å². The topological polar surface area (TPSA) is 92.3 Å². The molecule has 2 heterocycles. The average Bonchev–Trinajstić information content (AvgIpc) is 3.16. The second kappa shape index (κ2) is 7.82. The molecule has 0 atom stereocenters. The van der Waals surface area contributed by atoms with E-state index in [4.69, 9.17) is 4.74 Å². The van der Waals surface area contributed by atoms with Crippen molar-refractivity contribution < 1.29 is 9.53 Å². The number of ether oxygens (including phenoxy) is 1. The molecule has 7 nitrogen and oxygen atoms in total. The Balaban J connectivity index is 1.65. The smallest absolute Gasteiger partial charge is 0.338 e. The lowest BCUT2D eigenvalue weighted by Gasteiger charge is -2.05. The van der Waals surface area contributed by atoms with Gasteiger partial charge in [-0.2, -0.15) is 10.2 Å². The van der Waals surface area contributed by atoms with Gasteiger partial charge < -0.3 is 10.1 Å². The Hall–Kier alpha value is -4.18. The van der Waals surface area contributed by atoms with Gasteiger partial charge in [0.1, 0.15) is 6.07 Å². The van der Waals surface area contributed by atoms with Gasteiger partial charge in [-0.1, -0.05) is 24.3 Å². The highest BCUT2D eigenvalue weighted by molar-refractivity contribution is 5.91. The first-order chi connectivity index (χ1) is 14.2. The van der Waals surface area contributed by atoms with Gasteiger partial charge in [0.2, 0.25) is 5.95 Å². The molecule has 2 aromatic carbocycles. The molecule has 142 valence electrons. The number of aromatic nitrogens is 3. The van der Waals surface area contributed by atoms with E-state index in [1.165, 1.54) is 0 Å². The molecule has 0 aliphatic heterocycles. The summed E-state index contributed by atoms with van der Waals surface area (Å²) in [6.45, 7) is 2.11. The third-order valence-electron chi connectivity index (χ3n) is 4.33. The molecule has 0 radical (unpaired) electrons. The number of nitrogens with one attached hydrogen (secondary N) is 1. The summed E-state index contributed by atoms with van der Waals surface area (Å²) < 4.78 is 6.73. The minimum atomic E-state index is -0.348. The number of anilines is 2. The first-order valence-corrected chi connectivity index (χ1v) is 9.08. The Morgan fingerprint density at radius 2 is 2.00 bits per heavy atom. The lowest BCUT2D eigenvalue weighted by molar-refractivity contribution is 0.0526. The molecule has 2 aromatic heterocycles. The van der Waals surface area contributed by atoms with Crippen molar-refractivity contribution in [1.29, 1.82) is 5.26 Å². The summed E-state index contributed by atoms with van der Waals surface area (Å²) in [4.78, 5) is 16.4. The van der Waals surface area contributed by atoms with Crippen molar-refractivity contribution in [1.82, 2.24) is 14.6 Å². The number of para-hydroxylation sites is 1. The molecular formula is C22H17N5O2. The number of fused-ring (bicyclic) bond motifs is 1. The summed E-state index contributed by atoms with van der Waals surface area (Å²) in [5.74, 6) is 0.0453. The summed E-state index contributed by atoms with van der Waals surface area (Å²) in [5.41, 5.74) is 4.08. The molecule has 1 N–H and O–H groups in total. The highest BCUT2D eigenvalue weighted by atomic mass is 16.5. The molecule has 0 unspecified atom stereocenters. The monoisotopic (exact) mass is 383 g/mol. The van der Waals surface area contributed by atoms with Gasteiger partial charge in [-0.05, 0) is 48.9 Å². The molecule has 0 spiro atoms. The van der Waals surface area contributed by atoms with Crippen LogP contribution in [-0.2, 0) is 4.74 Å². The maximum atomic E-state index is 12.0. The van der Waals surface area contributed by atoms with Gasteiger partial charge in [0.05, 0.1) is 23.4 Å². The van der Waals surface area contributed by atoms with Crippen LogP contribution in [0.2, 0.25) is 0 Å². The summed E-state index contributed by atoms with van der Waals surface area (Å²) in [6.07, 6.45) is 1.84. The molecular weight excluding hydrogens is 366 g/mol. The van der Waals surface area contributed by atoms with E-state index < -0.39 is 0 Å². The standard InChI is InChI=1S/C22H17N5O2/c1-2-29-21(28)16-8-5-7-15(12-16)18-10-11-20-25-22(26-27(20)14-18)24-19-9-4-3-6-17(19)13-23/h3-12,14H,2H2,1H3,(H,24,26). The van der Waals surface area contributed by atoms with Crippen LogP contribution in [0.3, 0.4) is 0 Å². The van der Waals surface area contributed by atoms with Crippen LogP contribution < -0.4 is 5.32 Å². The van der Waals surface area contributed by atoms with E-state index in [0.29, 0.717) is 35.0 Å². The van der Waals surface area contributed by atoms with E-state index in [1.54, 1.807) is 41.8 Å². The minimum Gasteiger partial charge on any atom is -0.462 e. The maximum Gasteiger partial charge on any atom is 0.338 e. The zero-order chi connectivity index (χ0) is 20.2. The van der Waals surface area contributed by atoms with Crippen molar-refractivity contribution >= 4 is 23.3 Å². The molecule has 0 aliphatic rings. The zero-order valence-corrected chi connectivity index (χ0v) is 15.7. The molecule has 0 aliphatic carbocycles. The van der Waals surface area contributed by atoms with Gasteiger partial charge in [0.25, 0.3) is 0 Å². The quantitative estimate of drug-likeness (QED) is 0.520. The number of carbonyl (C=O) groups excluding carboxylic acids is 1. The lowest BCUT2D eigenvalue weighted by atomic mass is 10.0. The van der Waals surface area contributed by atoms with Crippen LogP contribution >= 0.6 is 0 Å². The third-order valence-corrected chi connectivity index (χ3v) is 4.33. The number of benzene rings is 2. The molecule has 4 rings (SSSR count). The van der Waals surface area contributed by atoms with Gasteiger partial charge >= 0.3 is 5.97 Å². The number of hydrogen-bond donors (Lipinski definition) is 1. The fourth-order valence-electron chi connectivity index (χ4n) is 2.96. The van der Waals surface area contributed by atoms with Gasteiger partial charge in [-0.25, -0.2) is 9.31 Å². The Morgan fingerprint density at radius 3 is 2.83 bits per heavy atom. The van der Waals surface area contributed by atoms with E-state index in [1.807, 2.05) is 36.5 Å². The van der Waals surface area contributed by atoms with Crippen LogP contribution in [-0.4, -0.2) is 27.2 Å². The van der Waals surface area contributed by atoms with Crippen LogP contribution in [0.1, 0.15) is 22.8 Å². The summed E-state index contributed by atoms with van der Waals surface area (Å²) in [6, 6.07) is 20.3. The lowest BCUT2D eigenvalue weighted by Crippen LogP contribution is -2.04. The molecule has 0 bridgehead atoms. The van der Waals surface area contributed by atoms with Crippen molar-refractivity contribution in [2.75, 3.05) is 11.9 Å². The molecule has 29 heavy (non-hydrogen) atoms. The third kappa shape index (κ3) is 3.77. The number of rotatable bonds is 5. The van der Waals surface area contributed by atoms with Crippen LogP contribution in [0.15, 0.2) is 66.9 Å². The van der Waals surface area contributed by atoms with Crippen molar-refractivity contribution in [3.05, 3.63) is 78.0 Å². The fourth-order valence-corrected chi connectivity index (χ4v) is 2.96. The first-order valence-electron chi connectivity index (χ1n) is 9.08. The van der Waals surface area contributed by atoms with E-state index in [0.717, 1.165) is 11.1 Å². The predicted molar refractivity (Wildman–Crippen MR) is 109 cm³/mol. The summed E-state index contributed by atoms with van der Waals surface area (Å²) in [7, 11) is 0. The van der Waals surface area contributed by atoms with Gasteiger partial charge in [-0.15, -0.1) is 5.10 Å². The van der Waals surface area contributed by atoms with Crippen LogP contribution in [0.4, 0.5) is 11.6 Å². The SMILES string of the molecule is CCOC(=O)c1cccc(-c2ccc3nc(Nc4ccccc4C#N)nn3c2)c1. The van der Waals surface area contributed by atoms with Gasteiger partial charge in [0, 0.05) is 11.8 Å². The van der Waals surface area contributed by atoms with Crippen molar-refractivity contribution in [2.24, 2.45) is 0 Å². The van der Waals surface area contributed by atoms with Gasteiger partial charge in [0.15, 0.2) is 5.65 Å². The molecule has 4 aromatic rings. The Kier molecular flexibility index (Phi) is 4.91. The van der Waals surface area contributed by atoms with Crippen LogP contribution in [0.25, 0.3) is 16.8 Å². The molecule has 0 fully saturated rings. The predicted octanol–water partition coefficient (Wildman–Crippen LogP) is 4.19. The summed E-state index contributed by atoms with van der Waals surface area (Å²) in [5, 5.41) is 16.8. The van der Waals surface area contributed by atoms with Gasteiger partial charge in [-0.3, -0.25) is 0 Å². The average molecular weight is 383 g/mol. The van der Waals surface area contributed by atoms with Crippen molar-refractivity contribution in [2.45, 2.75) is 6.92 Å². The normalized spacial score (nSPS) is 10.5. The number of hydrogen-bond acceptors (Lipinski definition) is 6. The first kappa shape index (κ1) is 18.2. The maximum absolute atomic E-state index is 12.0. The Labute approximate surface area is 167 Å². The second-order valence-corrected chi connectivity index (χ2v) is 6.24. The zero-order valence-electron chi connectivity index (χ0n) is 15.7. The Bertz CT molecular complexity index is 1240. The van der Waals surface area contributed by atoms with Crippen LogP contribution in [0.5, 0.6) is 0 Å². The van der Waals surface area contributed by atoms with E-state index in [-0.39, 0.29) is 5.97 Å². The second-order valence-electron chi connectivity index (χ2n) is 6.24. The highest BCUT2D eigenvalue weighted by Gasteiger charge is 2.10. The molecule has 7 heteroatoms. The summed E-state index contributed by atoms with van der Waals surface area (Å²) >= 11 is 0. The largest absolute Gasteiger partial charge is 0.462 e. The number of esters is 1.